The lowest BCUT2D eigenvalue weighted by Gasteiger charge is -2.44. The Morgan fingerprint density at radius 3 is 2.35 bits per heavy atom. The summed E-state index contributed by atoms with van der Waals surface area (Å²) >= 11 is 0. The molecule has 1 heterocycles. The Hall–Kier alpha value is -1.26. The minimum Gasteiger partial charge on any atom is -0.496 e. The summed E-state index contributed by atoms with van der Waals surface area (Å²) in [5.74, 6) is 0.886. The van der Waals surface area contributed by atoms with Crippen molar-refractivity contribution in [1.82, 2.24) is 4.90 Å². The molecule has 1 fully saturated rings. The van der Waals surface area contributed by atoms with Crippen molar-refractivity contribution in [2.45, 2.75) is 38.9 Å². The standard InChI is InChI=1S/C16H27N3O/c1-11-9-19(10-12(2)18(11)4)14-7-6-8-15(20-5)16(14)13(3)17/h6-8,11-13H,9-10,17H2,1-5H3/t11?,12?,13-/m1/s1. The maximum atomic E-state index is 6.18. The van der Waals surface area contributed by atoms with Crippen LogP contribution < -0.4 is 15.4 Å². The fourth-order valence-electron chi connectivity index (χ4n) is 3.04. The normalized spacial score (nSPS) is 25.6. The maximum absolute atomic E-state index is 6.18. The van der Waals surface area contributed by atoms with E-state index in [4.69, 9.17) is 10.5 Å². The molecule has 0 amide bonds. The first-order chi connectivity index (χ1) is 9.45. The van der Waals surface area contributed by atoms with Gasteiger partial charge in [-0.15, -0.1) is 0 Å². The van der Waals surface area contributed by atoms with Gasteiger partial charge >= 0.3 is 0 Å². The van der Waals surface area contributed by atoms with Crippen molar-refractivity contribution < 1.29 is 4.74 Å². The summed E-state index contributed by atoms with van der Waals surface area (Å²) < 4.78 is 5.50. The second-order valence-electron chi connectivity index (χ2n) is 5.95. The van der Waals surface area contributed by atoms with Gasteiger partial charge in [-0.25, -0.2) is 0 Å². The predicted molar refractivity (Wildman–Crippen MR) is 84.5 cm³/mol. The average Bonchev–Trinajstić information content (AvgIpc) is 2.43. The van der Waals surface area contributed by atoms with E-state index in [0.29, 0.717) is 12.1 Å². The molecule has 2 N–H and O–H groups in total. The first kappa shape index (κ1) is 15.1. The minimum absolute atomic E-state index is 0.0357. The van der Waals surface area contributed by atoms with E-state index in [0.717, 1.165) is 24.4 Å². The zero-order valence-corrected chi connectivity index (χ0v) is 13.3. The van der Waals surface area contributed by atoms with Gasteiger partial charge in [-0.2, -0.15) is 0 Å². The second kappa shape index (κ2) is 6.02. The summed E-state index contributed by atoms with van der Waals surface area (Å²) in [6.45, 7) is 8.61. The summed E-state index contributed by atoms with van der Waals surface area (Å²) in [5.41, 5.74) is 8.50. The van der Waals surface area contributed by atoms with Crippen molar-refractivity contribution in [1.29, 1.82) is 0 Å². The number of piperazine rings is 1. The fraction of sp³-hybridized carbons (Fsp3) is 0.625. The zero-order valence-electron chi connectivity index (χ0n) is 13.3. The van der Waals surface area contributed by atoms with Crippen LogP contribution in [0.1, 0.15) is 32.4 Å². The predicted octanol–water partition coefficient (Wildman–Crippen LogP) is 2.24. The van der Waals surface area contributed by atoms with Crippen molar-refractivity contribution in [2.24, 2.45) is 5.73 Å². The third-order valence-corrected chi connectivity index (χ3v) is 4.42. The van der Waals surface area contributed by atoms with Gasteiger partial charge in [0.25, 0.3) is 0 Å². The molecule has 3 atom stereocenters. The lowest BCUT2D eigenvalue weighted by Crippen LogP contribution is -2.55. The van der Waals surface area contributed by atoms with Crippen LogP contribution in [0.15, 0.2) is 18.2 Å². The number of ether oxygens (including phenoxy) is 1. The summed E-state index contributed by atoms with van der Waals surface area (Å²) in [7, 11) is 3.91. The van der Waals surface area contributed by atoms with Crippen LogP contribution in [-0.4, -0.2) is 44.2 Å². The van der Waals surface area contributed by atoms with Crippen molar-refractivity contribution in [2.75, 3.05) is 32.1 Å². The van der Waals surface area contributed by atoms with E-state index >= 15 is 0 Å². The van der Waals surface area contributed by atoms with Crippen LogP contribution in [0.5, 0.6) is 5.75 Å². The Kier molecular flexibility index (Phi) is 4.55. The van der Waals surface area contributed by atoms with Crippen molar-refractivity contribution in [3.8, 4) is 5.75 Å². The molecule has 2 unspecified atom stereocenters. The molecule has 2 rings (SSSR count). The highest BCUT2D eigenvalue weighted by Gasteiger charge is 2.28. The van der Waals surface area contributed by atoms with Gasteiger partial charge in [0.15, 0.2) is 0 Å². The molecule has 0 saturated carbocycles. The van der Waals surface area contributed by atoms with Crippen LogP contribution in [0, 0.1) is 0 Å². The average molecular weight is 277 g/mol. The molecule has 0 aromatic heterocycles. The van der Waals surface area contributed by atoms with Gasteiger partial charge in [0, 0.05) is 42.5 Å². The van der Waals surface area contributed by atoms with E-state index in [2.05, 4.69) is 36.8 Å². The Bertz CT molecular complexity index is 449. The smallest absolute Gasteiger partial charge is 0.125 e. The molecule has 0 spiro atoms. The molecule has 1 aliphatic rings. The van der Waals surface area contributed by atoms with Gasteiger partial charge in [-0.1, -0.05) is 6.07 Å². The van der Waals surface area contributed by atoms with Crippen LogP contribution in [-0.2, 0) is 0 Å². The quantitative estimate of drug-likeness (QED) is 0.920. The first-order valence-corrected chi connectivity index (χ1v) is 7.35. The maximum Gasteiger partial charge on any atom is 0.125 e. The molecule has 1 aromatic rings. The van der Waals surface area contributed by atoms with E-state index in [1.54, 1.807) is 7.11 Å². The summed E-state index contributed by atoms with van der Waals surface area (Å²) in [6.07, 6.45) is 0. The molecular weight excluding hydrogens is 250 g/mol. The lowest BCUT2D eigenvalue weighted by molar-refractivity contribution is 0.170. The number of anilines is 1. The van der Waals surface area contributed by atoms with E-state index in [9.17, 15) is 0 Å². The molecule has 4 nitrogen and oxygen atoms in total. The number of methoxy groups -OCH3 is 1. The van der Waals surface area contributed by atoms with Gasteiger partial charge in [0.1, 0.15) is 5.75 Å². The SMILES string of the molecule is COc1cccc(N2CC(C)N(C)C(C)C2)c1[C@@H](C)N. The van der Waals surface area contributed by atoms with Gasteiger partial charge in [-0.05, 0) is 40.0 Å². The molecule has 4 heteroatoms. The van der Waals surface area contributed by atoms with Crippen LogP contribution >= 0.6 is 0 Å². The minimum atomic E-state index is -0.0357. The molecule has 1 saturated heterocycles. The summed E-state index contributed by atoms with van der Waals surface area (Å²) in [5, 5.41) is 0. The number of rotatable bonds is 3. The van der Waals surface area contributed by atoms with E-state index in [-0.39, 0.29) is 6.04 Å². The number of nitrogens with zero attached hydrogens (tertiary/aromatic N) is 2. The zero-order chi connectivity index (χ0) is 14.9. The van der Waals surface area contributed by atoms with Crippen LogP contribution in [0.25, 0.3) is 0 Å². The van der Waals surface area contributed by atoms with Crippen molar-refractivity contribution >= 4 is 5.69 Å². The number of hydrogen-bond acceptors (Lipinski definition) is 4. The van der Waals surface area contributed by atoms with Crippen LogP contribution in [0.3, 0.4) is 0 Å². The lowest BCUT2D eigenvalue weighted by atomic mass is 10.0. The highest BCUT2D eigenvalue weighted by molar-refractivity contribution is 5.61. The number of likely N-dealkylation sites (N-methyl/N-ethyl adjacent to an activating group) is 1. The van der Waals surface area contributed by atoms with Crippen molar-refractivity contribution in [3.63, 3.8) is 0 Å². The Labute approximate surface area is 122 Å². The third-order valence-electron chi connectivity index (χ3n) is 4.42. The number of nitrogens with two attached hydrogens (primary N) is 1. The first-order valence-electron chi connectivity index (χ1n) is 7.35. The fourth-order valence-corrected chi connectivity index (χ4v) is 3.04. The Balaban J connectivity index is 2.37. The van der Waals surface area contributed by atoms with Crippen molar-refractivity contribution in [3.05, 3.63) is 23.8 Å². The van der Waals surface area contributed by atoms with E-state index in [1.165, 1.54) is 5.69 Å². The van der Waals surface area contributed by atoms with E-state index < -0.39 is 0 Å². The number of hydrogen-bond donors (Lipinski definition) is 1. The highest BCUT2D eigenvalue weighted by atomic mass is 16.5. The monoisotopic (exact) mass is 277 g/mol. The topological polar surface area (TPSA) is 41.7 Å². The molecule has 1 aliphatic heterocycles. The molecule has 0 radical (unpaired) electrons. The van der Waals surface area contributed by atoms with E-state index in [1.807, 2.05) is 19.1 Å². The van der Waals surface area contributed by atoms with Gasteiger partial charge in [0.2, 0.25) is 0 Å². The van der Waals surface area contributed by atoms with Crippen LogP contribution in [0.4, 0.5) is 5.69 Å². The molecule has 20 heavy (non-hydrogen) atoms. The molecule has 1 aromatic carbocycles. The largest absolute Gasteiger partial charge is 0.496 e. The second-order valence-corrected chi connectivity index (χ2v) is 5.95. The van der Waals surface area contributed by atoms with Gasteiger partial charge in [0.05, 0.1) is 7.11 Å². The highest BCUT2D eigenvalue weighted by Crippen LogP contribution is 2.35. The van der Waals surface area contributed by atoms with Gasteiger partial charge < -0.3 is 15.4 Å². The number of benzene rings is 1. The Morgan fingerprint density at radius 1 is 1.25 bits per heavy atom. The molecule has 112 valence electrons. The molecular formula is C16H27N3O. The Morgan fingerprint density at radius 2 is 1.85 bits per heavy atom. The van der Waals surface area contributed by atoms with Crippen LogP contribution in [0.2, 0.25) is 0 Å². The third kappa shape index (κ3) is 2.76. The van der Waals surface area contributed by atoms with Gasteiger partial charge in [-0.3, -0.25) is 4.90 Å². The molecule has 0 bridgehead atoms. The summed E-state index contributed by atoms with van der Waals surface area (Å²) in [6, 6.07) is 7.23. The molecule has 0 aliphatic carbocycles. The summed E-state index contributed by atoms with van der Waals surface area (Å²) in [4.78, 5) is 4.87.